The molecule has 2 aliphatic rings. The van der Waals surface area contributed by atoms with Gasteiger partial charge in [0.1, 0.15) is 0 Å². The van der Waals surface area contributed by atoms with Crippen molar-refractivity contribution in [3.8, 4) is 0 Å². The van der Waals surface area contributed by atoms with Gasteiger partial charge in [0.05, 0.1) is 11.8 Å². The van der Waals surface area contributed by atoms with Crippen LogP contribution >= 0.6 is 0 Å². The number of hydrogen-bond acceptors (Lipinski definition) is 3. The fourth-order valence-corrected chi connectivity index (χ4v) is 3.36. The first-order chi connectivity index (χ1) is 9.17. The summed E-state index contributed by atoms with van der Waals surface area (Å²) in [6, 6.07) is 0.561. The van der Waals surface area contributed by atoms with Gasteiger partial charge in [0, 0.05) is 19.1 Å². The topological polar surface area (TPSA) is 49.4 Å². The van der Waals surface area contributed by atoms with Crippen LogP contribution in [0.4, 0.5) is 0 Å². The quantitative estimate of drug-likeness (QED) is 0.716. The third-order valence-corrected chi connectivity index (χ3v) is 4.57. The molecule has 0 spiro atoms. The van der Waals surface area contributed by atoms with Crippen molar-refractivity contribution in [2.75, 3.05) is 13.1 Å². The van der Waals surface area contributed by atoms with E-state index < -0.39 is 0 Å². The van der Waals surface area contributed by atoms with Crippen LogP contribution in [0, 0.1) is 11.8 Å². The number of carbonyl (C=O) groups is 2. The van der Waals surface area contributed by atoms with Crippen LogP contribution in [0.2, 0.25) is 0 Å². The van der Waals surface area contributed by atoms with Gasteiger partial charge in [-0.15, -0.1) is 0 Å². The van der Waals surface area contributed by atoms with Crippen molar-refractivity contribution in [3.05, 3.63) is 0 Å². The number of fused-ring (bicyclic) bond motifs is 1. The van der Waals surface area contributed by atoms with Crippen LogP contribution in [0.3, 0.4) is 0 Å². The molecule has 108 valence electrons. The normalized spacial score (nSPS) is 27.1. The maximum Gasteiger partial charge on any atom is 0.231 e. The van der Waals surface area contributed by atoms with Crippen molar-refractivity contribution >= 4 is 11.8 Å². The molecule has 0 aromatic carbocycles. The molecule has 0 aromatic heterocycles. The van der Waals surface area contributed by atoms with Gasteiger partial charge in [0.2, 0.25) is 11.8 Å². The van der Waals surface area contributed by atoms with Crippen molar-refractivity contribution in [3.63, 3.8) is 0 Å². The minimum Gasteiger partial charge on any atom is -0.299 e. The van der Waals surface area contributed by atoms with E-state index in [-0.39, 0.29) is 23.7 Å². The second-order valence-electron chi connectivity index (χ2n) is 5.96. The van der Waals surface area contributed by atoms with E-state index in [9.17, 15) is 9.59 Å². The summed E-state index contributed by atoms with van der Waals surface area (Å²) in [6.07, 6.45) is 7.30. The Bertz CT molecular complexity index is 313. The van der Waals surface area contributed by atoms with E-state index >= 15 is 0 Å². The van der Waals surface area contributed by atoms with Gasteiger partial charge in [-0.1, -0.05) is 39.5 Å². The Hall–Kier alpha value is -0.900. The van der Waals surface area contributed by atoms with E-state index in [1.54, 1.807) is 0 Å². The second-order valence-corrected chi connectivity index (χ2v) is 5.96. The van der Waals surface area contributed by atoms with E-state index in [0.717, 1.165) is 13.1 Å². The highest BCUT2D eigenvalue weighted by atomic mass is 16.2. The Morgan fingerprint density at radius 2 is 1.53 bits per heavy atom. The Balaban J connectivity index is 1.95. The molecule has 2 aliphatic heterocycles. The van der Waals surface area contributed by atoms with Gasteiger partial charge in [-0.2, -0.15) is 0 Å². The van der Waals surface area contributed by atoms with Crippen LogP contribution in [0.1, 0.15) is 52.4 Å². The van der Waals surface area contributed by atoms with Gasteiger partial charge in [-0.05, 0) is 12.8 Å². The van der Waals surface area contributed by atoms with Gasteiger partial charge in [0.25, 0.3) is 0 Å². The average Bonchev–Trinajstić information content (AvgIpc) is 2.93. The summed E-state index contributed by atoms with van der Waals surface area (Å²) in [5, 5.41) is 2.46. The van der Waals surface area contributed by atoms with Crippen LogP contribution in [-0.4, -0.2) is 35.8 Å². The van der Waals surface area contributed by atoms with Gasteiger partial charge in [-0.3, -0.25) is 19.8 Å². The lowest BCUT2D eigenvalue weighted by Gasteiger charge is -2.28. The van der Waals surface area contributed by atoms with Crippen molar-refractivity contribution in [1.29, 1.82) is 0 Å². The first-order valence-corrected chi connectivity index (χ1v) is 7.76. The minimum absolute atomic E-state index is 0.0535. The van der Waals surface area contributed by atoms with Crippen LogP contribution in [-0.2, 0) is 9.59 Å². The number of nitrogens with one attached hydrogen (secondary N) is 1. The molecule has 2 heterocycles. The van der Waals surface area contributed by atoms with Gasteiger partial charge < -0.3 is 0 Å². The maximum atomic E-state index is 11.7. The molecule has 2 unspecified atom stereocenters. The Morgan fingerprint density at radius 1 is 1.05 bits per heavy atom. The molecule has 0 aliphatic carbocycles. The Kier molecular flexibility index (Phi) is 4.97. The van der Waals surface area contributed by atoms with E-state index in [1.807, 2.05) is 0 Å². The number of hydrogen-bond donors (Lipinski definition) is 1. The Labute approximate surface area is 115 Å². The lowest BCUT2D eigenvalue weighted by molar-refractivity contribution is -0.126. The number of rotatable bonds is 7. The third kappa shape index (κ3) is 3.16. The minimum atomic E-state index is -0.0850. The predicted molar refractivity (Wildman–Crippen MR) is 74.5 cm³/mol. The zero-order chi connectivity index (χ0) is 13.8. The third-order valence-electron chi connectivity index (χ3n) is 4.57. The summed E-state index contributed by atoms with van der Waals surface area (Å²) < 4.78 is 0. The van der Waals surface area contributed by atoms with E-state index in [1.165, 1.54) is 38.5 Å². The molecule has 0 bridgehead atoms. The zero-order valence-corrected chi connectivity index (χ0v) is 12.2. The fourth-order valence-electron chi connectivity index (χ4n) is 3.36. The van der Waals surface area contributed by atoms with Crippen LogP contribution < -0.4 is 5.32 Å². The Morgan fingerprint density at radius 3 is 1.95 bits per heavy atom. The molecule has 2 amide bonds. The molecule has 2 rings (SSSR count). The molecule has 4 heteroatoms. The first-order valence-electron chi connectivity index (χ1n) is 7.76. The molecule has 19 heavy (non-hydrogen) atoms. The first kappa shape index (κ1) is 14.5. The summed E-state index contributed by atoms with van der Waals surface area (Å²) >= 11 is 0. The van der Waals surface area contributed by atoms with Crippen molar-refractivity contribution in [2.24, 2.45) is 11.8 Å². The summed E-state index contributed by atoms with van der Waals surface area (Å²) in [4.78, 5) is 25.8. The van der Waals surface area contributed by atoms with E-state index in [4.69, 9.17) is 0 Å². The number of carbonyl (C=O) groups excluding carboxylic acids is 2. The second kappa shape index (κ2) is 6.51. The fraction of sp³-hybridized carbons (Fsp3) is 0.867. The number of nitrogens with zero attached hydrogens (tertiary/aromatic N) is 1. The van der Waals surface area contributed by atoms with Gasteiger partial charge >= 0.3 is 0 Å². The number of amides is 2. The summed E-state index contributed by atoms with van der Waals surface area (Å²) in [7, 11) is 0. The largest absolute Gasteiger partial charge is 0.299 e. The standard InChI is InChI=1S/C15H26N2O2/c1-3-5-7-11(8-6-4-2)17-9-12-13(10-17)15(19)16-14(12)18/h11-13H,3-10H2,1-2H3,(H,16,18,19). The smallest absolute Gasteiger partial charge is 0.231 e. The number of likely N-dealkylation sites (tertiary alicyclic amines) is 1. The van der Waals surface area contributed by atoms with Gasteiger partial charge in [-0.25, -0.2) is 0 Å². The molecule has 2 saturated heterocycles. The highest BCUT2D eigenvalue weighted by molar-refractivity contribution is 6.05. The molecule has 0 aromatic rings. The van der Waals surface area contributed by atoms with Crippen molar-refractivity contribution in [2.45, 2.75) is 58.4 Å². The van der Waals surface area contributed by atoms with Crippen LogP contribution in [0.25, 0.3) is 0 Å². The highest BCUT2D eigenvalue weighted by Crippen LogP contribution is 2.31. The molecular formula is C15H26N2O2. The summed E-state index contributed by atoms with van der Waals surface area (Å²) in [5.74, 6) is -0.277. The van der Waals surface area contributed by atoms with Crippen molar-refractivity contribution in [1.82, 2.24) is 10.2 Å². The average molecular weight is 266 g/mol. The zero-order valence-electron chi connectivity index (χ0n) is 12.2. The number of unbranched alkanes of at least 4 members (excludes halogenated alkanes) is 2. The maximum absolute atomic E-state index is 11.7. The molecule has 2 atom stereocenters. The molecule has 0 saturated carbocycles. The van der Waals surface area contributed by atoms with Crippen LogP contribution in [0.5, 0.6) is 0 Å². The number of imide groups is 1. The lowest BCUT2D eigenvalue weighted by Crippen LogP contribution is -2.38. The van der Waals surface area contributed by atoms with Crippen LogP contribution in [0.15, 0.2) is 0 Å². The molecule has 1 N–H and O–H groups in total. The lowest BCUT2D eigenvalue weighted by atomic mass is 10.00. The molecule has 4 nitrogen and oxygen atoms in total. The van der Waals surface area contributed by atoms with Crippen molar-refractivity contribution < 1.29 is 9.59 Å². The van der Waals surface area contributed by atoms with E-state index in [0.29, 0.717) is 6.04 Å². The summed E-state index contributed by atoms with van der Waals surface area (Å²) in [5.41, 5.74) is 0. The molecular weight excluding hydrogens is 240 g/mol. The molecule has 0 radical (unpaired) electrons. The van der Waals surface area contributed by atoms with E-state index in [2.05, 4.69) is 24.1 Å². The monoisotopic (exact) mass is 266 g/mol. The summed E-state index contributed by atoms with van der Waals surface area (Å²) in [6.45, 7) is 5.99. The molecule has 2 fully saturated rings. The highest BCUT2D eigenvalue weighted by Gasteiger charge is 2.48. The van der Waals surface area contributed by atoms with Gasteiger partial charge in [0.15, 0.2) is 0 Å². The predicted octanol–water partition coefficient (Wildman–Crippen LogP) is 1.94. The SMILES string of the molecule is CCCCC(CCCC)N1CC2C(=O)NC(=O)C2C1.